The predicted molar refractivity (Wildman–Crippen MR) is 82.5 cm³/mol. The third kappa shape index (κ3) is 3.85. The maximum Gasteiger partial charge on any atom is 0.0984 e. The Kier molecular flexibility index (Phi) is 5.66. The van der Waals surface area contributed by atoms with E-state index in [0.29, 0.717) is 6.54 Å². The van der Waals surface area contributed by atoms with Crippen LogP contribution in [-0.2, 0) is 11.3 Å². The number of nitrogens with zero attached hydrogens (tertiary/aromatic N) is 1. The molecule has 0 bridgehead atoms. The highest BCUT2D eigenvalue weighted by Crippen LogP contribution is 2.29. The molecule has 1 fully saturated rings. The molecule has 2 atom stereocenters. The van der Waals surface area contributed by atoms with E-state index >= 15 is 0 Å². The van der Waals surface area contributed by atoms with Gasteiger partial charge in [0.1, 0.15) is 0 Å². The van der Waals surface area contributed by atoms with Crippen molar-refractivity contribution in [3.05, 3.63) is 28.8 Å². The van der Waals surface area contributed by atoms with E-state index in [0.717, 1.165) is 30.3 Å². The van der Waals surface area contributed by atoms with Crippen LogP contribution in [0.3, 0.4) is 0 Å². The fourth-order valence-corrected chi connectivity index (χ4v) is 2.85. The van der Waals surface area contributed by atoms with Crippen LogP contribution in [0.1, 0.15) is 19.4 Å². The number of rotatable bonds is 5. The topological polar surface area (TPSA) is 44.7 Å². The number of benzene rings is 1. The van der Waals surface area contributed by atoms with Gasteiger partial charge in [0.05, 0.1) is 29.5 Å². The molecule has 2 N–H and O–H groups in total. The summed E-state index contributed by atoms with van der Waals surface area (Å²) in [7, 11) is 0. The van der Waals surface area contributed by atoms with Crippen molar-refractivity contribution in [2.75, 3.05) is 31.1 Å². The van der Waals surface area contributed by atoms with Gasteiger partial charge in [0, 0.05) is 19.6 Å². The smallest absolute Gasteiger partial charge is 0.0984 e. The number of morpholine rings is 1. The zero-order valence-electron chi connectivity index (χ0n) is 12.1. The van der Waals surface area contributed by atoms with Crippen LogP contribution >= 0.6 is 11.6 Å². The maximum atomic E-state index is 9.29. The minimum Gasteiger partial charge on any atom is -0.394 e. The number of nitrogens with one attached hydrogen (secondary N) is 1. The number of aliphatic hydroxyl groups excluding tert-OH is 1. The van der Waals surface area contributed by atoms with Crippen molar-refractivity contribution < 1.29 is 9.84 Å². The van der Waals surface area contributed by atoms with Gasteiger partial charge in [-0.25, -0.2) is 0 Å². The molecule has 1 saturated heterocycles. The molecule has 112 valence electrons. The van der Waals surface area contributed by atoms with E-state index in [4.69, 9.17) is 16.3 Å². The van der Waals surface area contributed by atoms with Gasteiger partial charge < -0.3 is 20.1 Å². The van der Waals surface area contributed by atoms with E-state index in [-0.39, 0.29) is 18.8 Å². The summed E-state index contributed by atoms with van der Waals surface area (Å²) < 4.78 is 5.66. The quantitative estimate of drug-likeness (QED) is 0.873. The van der Waals surface area contributed by atoms with Gasteiger partial charge in [-0.15, -0.1) is 0 Å². The Morgan fingerprint density at radius 2 is 2.25 bits per heavy atom. The van der Waals surface area contributed by atoms with Crippen LogP contribution in [0.2, 0.25) is 5.02 Å². The zero-order valence-corrected chi connectivity index (χ0v) is 12.9. The van der Waals surface area contributed by atoms with Crippen LogP contribution in [0, 0.1) is 0 Å². The number of anilines is 1. The molecule has 0 amide bonds. The molecule has 0 spiro atoms. The second-order valence-corrected chi connectivity index (χ2v) is 5.63. The molecule has 1 heterocycles. The molecule has 1 aliphatic heterocycles. The average Bonchev–Trinajstić information content (AvgIpc) is 2.44. The number of aliphatic hydroxyl groups is 1. The van der Waals surface area contributed by atoms with Gasteiger partial charge in [-0.2, -0.15) is 0 Å². The molecular weight excluding hydrogens is 276 g/mol. The molecule has 1 aromatic rings. The van der Waals surface area contributed by atoms with E-state index in [1.54, 1.807) is 0 Å². The molecule has 2 unspecified atom stereocenters. The lowest BCUT2D eigenvalue weighted by Gasteiger charge is -2.38. The SMILES string of the molecule is CCNCc1ccc(N2CC(C)OC(CO)C2)c(Cl)c1. The van der Waals surface area contributed by atoms with E-state index < -0.39 is 0 Å². The molecule has 20 heavy (non-hydrogen) atoms. The lowest BCUT2D eigenvalue weighted by molar-refractivity contribution is -0.0421. The molecular formula is C15H23ClN2O2. The highest BCUT2D eigenvalue weighted by atomic mass is 35.5. The predicted octanol–water partition coefficient (Wildman–Crippen LogP) is 2.04. The molecule has 2 rings (SSSR count). The molecule has 4 nitrogen and oxygen atoms in total. The molecule has 1 aliphatic rings. The van der Waals surface area contributed by atoms with Crippen molar-refractivity contribution in [1.82, 2.24) is 5.32 Å². The van der Waals surface area contributed by atoms with Crippen LogP contribution in [0.15, 0.2) is 18.2 Å². The first-order chi connectivity index (χ1) is 9.63. The van der Waals surface area contributed by atoms with Crippen LogP contribution < -0.4 is 10.2 Å². The Balaban J connectivity index is 2.11. The van der Waals surface area contributed by atoms with Gasteiger partial charge >= 0.3 is 0 Å². The van der Waals surface area contributed by atoms with Gasteiger partial charge in [-0.05, 0) is 31.2 Å². The largest absolute Gasteiger partial charge is 0.394 e. The van der Waals surface area contributed by atoms with Crippen molar-refractivity contribution in [3.63, 3.8) is 0 Å². The number of halogens is 1. The van der Waals surface area contributed by atoms with Crippen molar-refractivity contribution in [1.29, 1.82) is 0 Å². The van der Waals surface area contributed by atoms with Crippen LogP contribution in [0.5, 0.6) is 0 Å². The van der Waals surface area contributed by atoms with Gasteiger partial charge in [0.25, 0.3) is 0 Å². The molecule has 0 saturated carbocycles. The lowest BCUT2D eigenvalue weighted by atomic mass is 10.1. The normalized spacial score (nSPS) is 23.1. The van der Waals surface area contributed by atoms with Crippen LogP contribution in [-0.4, -0.2) is 43.6 Å². The van der Waals surface area contributed by atoms with E-state index in [2.05, 4.69) is 29.3 Å². The number of hydrogen-bond donors (Lipinski definition) is 2. The summed E-state index contributed by atoms with van der Waals surface area (Å²) in [6.07, 6.45) is -0.0466. The summed E-state index contributed by atoms with van der Waals surface area (Å²) in [6, 6.07) is 6.16. The maximum absolute atomic E-state index is 9.29. The van der Waals surface area contributed by atoms with Crippen molar-refractivity contribution in [3.8, 4) is 0 Å². The van der Waals surface area contributed by atoms with Crippen LogP contribution in [0.4, 0.5) is 5.69 Å². The Hall–Kier alpha value is -0.810. The Morgan fingerprint density at radius 3 is 2.90 bits per heavy atom. The Bertz CT molecular complexity index is 442. The summed E-state index contributed by atoms with van der Waals surface area (Å²) >= 11 is 6.41. The van der Waals surface area contributed by atoms with Gasteiger partial charge in [-0.1, -0.05) is 24.6 Å². The first-order valence-corrected chi connectivity index (χ1v) is 7.52. The third-order valence-electron chi connectivity index (χ3n) is 3.46. The standard InChI is InChI=1S/C15H23ClN2O2/c1-3-17-7-12-4-5-15(14(16)6-12)18-8-11(2)20-13(9-18)10-19/h4-6,11,13,17,19H,3,7-10H2,1-2H3. The second kappa shape index (κ2) is 7.27. The van der Waals surface area contributed by atoms with Crippen molar-refractivity contribution >= 4 is 17.3 Å². The van der Waals surface area contributed by atoms with Gasteiger partial charge in [-0.3, -0.25) is 0 Å². The summed E-state index contributed by atoms with van der Waals surface area (Å²) in [4.78, 5) is 2.19. The van der Waals surface area contributed by atoms with E-state index in [9.17, 15) is 5.11 Å². The summed E-state index contributed by atoms with van der Waals surface area (Å²) in [5.74, 6) is 0. The van der Waals surface area contributed by atoms with Gasteiger partial charge in [0.2, 0.25) is 0 Å². The second-order valence-electron chi connectivity index (χ2n) is 5.22. The Labute approximate surface area is 125 Å². The lowest BCUT2D eigenvalue weighted by Crippen LogP contribution is -2.48. The van der Waals surface area contributed by atoms with E-state index in [1.165, 1.54) is 5.56 Å². The minimum absolute atomic E-state index is 0.0387. The molecule has 0 radical (unpaired) electrons. The monoisotopic (exact) mass is 298 g/mol. The molecule has 5 heteroatoms. The highest BCUT2D eigenvalue weighted by molar-refractivity contribution is 6.33. The minimum atomic E-state index is -0.142. The van der Waals surface area contributed by atoms with Gasteiger partial charge in [0.15, 0.2) is 0 Å². The Morgan fingerprint density at radius 1 is 1.45 bits per heavy atom. The third-order valence-corrected chi connectivity index (χ3v) is 3.76. The van der Waals surface area contributed by atoms with E-state index in [1.807, 2.05) is 13.0 Å². The van der Waals surface area contributed by atoms with Crippen molar-refractivity contribution in [2.45, 2.75) is 32.6 Å². The summed E-state index contributed by atoms with van der Waals surface area (Å²) in [6.45, 7) is 7.38. The fourth-order valence-electron chi connectivity index (χ4n) is 2.53. The highest BCUT2D eigenvalue weighted by Gasteiger charge is 2.25. The molecule has 1 aromatic carbocycles. The van der Waals surface area contributed by atoms with Crippen LogP contribution in [0.25, 0.3) is 0 Å². The summed E-state index contributed by atoms with van der Waals surface area (Å²) in [5.41, 5.74) is 2.20. The number of hydrogen-bond acceptors (Lipinski definition) is 4. The first kappa shape index (κ1) is 15.6. The zero-order chi connectivity index (χ0) is 14.5. The average molecular weight is 299 g/mol. The number of ether oxygens (including phenoxy) is 1. The molecule has 0 aliphatic carbocycles. The fraction of sp³-hybridized carbons (Fsp3) is 0.600. The molecule has 0 aromatic heterocycles. The summed E-state index contributed by atoms with van der Waals surface area (Å²) in [5, 5.41) is 13.3. The first-order valence-electron chi connectivity index (χ1n) is 7.14. The van der Waals surface area contributed by atoms with Crippen molar-refractivity contribution in [2.24, 2.45) is 0 Å².